The minimum absolute atomic E-state index is 0.900. The van der Waals surface area contributed by atoms with Crippen LogP contribution in [0.25, 0.3) is 88.1 Å². The third-order valence-electron chi connectivity index (χ3n) is 13.5. The number of fused-ring (bicyclic) bond motifs is 9. The highest BCUT2D eigenvalue weighted by atomic mass is 28.3. The van der Waals surface area contributed by atoms with Crippen molar-refractivity contribution in [2.75, 3.05) is 0 Å². The first-order valence-electron chi connectivity index (χ1n) is 22.0. The molecule has 0 unspecified atom stereocenters. The Bertz CT molecular complexity index is 3790. The van der Waals surface area contributed by atoms with E-state index in [2.05, 4.69) is 240 Å². The molecule has 3 heterocycles. The predicted octanol–water partition coefficient (Wildman–Crippen LogP) is 12.8. The molecule has 0 fully saturated rings. The minimum Gasteiger partial charge on any atom is -0.456 e. The average Bonchev–Trinajstić information content (AvgIpc) is 4.03. The number of hydrogen-bond acceptors (Lipinski definition) is 1. The molecule has 0 aliphatic rings. The summed E-state index contributed by atoms with van der Waals surface area (Å²) >= 11 is 0. The van der Waals surface area contributed by atoms with E-state index in [1.165, 1.54) is 69.9 Å². The largest absolute Gasteiger partial charge is 0.456 e. The van der Waals surface area contributed by atoms with Gasteiger partial charge in [-0.3, -0.25) is 0 Å². The smallest absolute Gasteiger partial charge is 0.179 e. The summed E-state index contributed by atoms with van der Waals surface area (Å²) in [6.45, 7) is 0. The molecule has 300 valence electrons. The summed E-state index contributed by atoms with van der Waals surface area (Å²) in [5, 5.41) is 12.6. The summed E-state index contributed by atoms with van der Waals surface area (Å²) in [5.41, 5.74) is 11.1. The van der Waals surface area contributed by atoms with Gasteiger partial charge in [0.25, 0.3) is 0 Å². The summed E-state index contributed by atoms with van der Waals surface area (Å²) in [5.74, 6) is 0. The summed E-state index contributed by atoms with van der Waals surface area (Å²) in [4.78, 5) is 0. The van der Waals surface area contributed by atoms with Crippen LogP contribution in [0.1, 0.15) is 0 Å². The van der Waals surface area contributed by atoms with Crippen LogP contribution in [0.5, 0.6) is 0 Å². The highest BCUT2D eigenvalue weighted by molar-refractivity contribution is 7.19. The zero-order chi connectivity index (χ0) is 42.2. The number of rotatable bonds is 7. The van der Waals surface area contributed by atoms with Gasteiger partial charge in [-0.05, 0) is 80.9 Å². The van der Waals surface area contributed by atoms with Crippen molar-refractivity contribution in [1.82, 2.24) is 9.13 Å². The van der Waals surface area contributed by atoms with Crippen LogP contribution in [-0.2, 0) is 0 Å². The first-order chi connectivity index (χ1) is 31.8. The lowest BCUT2D eigenvalue weighted by molar-refractivity contribution is 0.669. The first-order valence-corrected chi connectivity index (χ1v) is 24.0. The quantitative estimate of drug-likeness (QED) is 0.116. The predicted molar refractivity (Wildman–Crippen MR) is 271 cm³/mol. The molecule has 0 bridgehead atoms. The van der Waals surface area contributed by atoms with E-state index in [1.807, 2.05) is 12.1 Å². The van der Waals surface area contributed by atoms with Crippen molar-refractivity contribution in [3.05, 3.63) is 243 Å². The van der Waals surface area contributed by atoms with Gasteiger partial charge in [0, 0.05) is 49.3 Å². The van der Waals surface area contributed by atoms with Crippen LogP contribution in [0.3, 0.4) is 0 Å². The molecule has 0 aliphatic heterocycles. The zero-order valence-corrected chi connectivity index (χ0v) is 35.9. The second-order valence-corrected chi connectivity index (χ2v) is 20.6. The molecule has 0 atom stereocenters. The molecule has 0 spiro atoms. The molecule has 13 aromatic rings. The zero-order valence-electron chi connectivity index (χ0n) is 34.9. The Kier molecular flexibility index (Phi) is 8.23. The maximum absolute atomic E-state index is 6.26. The van der Waals surface area contributed by atoms with Gasteiger partial charge in [-0.25, -0.2) is 0 Å². The Morgan fingerprint density at radius 1 is 0.297 bits per heavy atom. The van der Waals surface area contributed by atoms with E-state index in [4.69, 9.17) is 4.42 Å². The average molecular weight is 833 g/mol. The lowest BCUT2D eigenvalue weighted by Gasteiger charge is -2.34. The van der Waals surface area contributed by atoms with E-state index in [0.717, 1.165) is 38.9 Å². The Morgan fingerprint density at radius 3 is 1.47 bits per heavy atom. The number of para-hydroxylation sites is 4. The Balaban J connectivity index is 1.03. The van der Waals surface area contributed by atoms with Crippen LogP contribution in [-0.4, -0.2) is 17.2 Å². The van der Waals surface area contributed by atoms with Crippen LogP contribution in [0.15, 0.2) is 247 Å². The van der Waals surface area contributed by atoms with Crippen molar-refractivity contribution in [1.29, 1.82) is 0 Å². The van der Waals surface area contributed by atoms with Gasteiger partial charge in [-0.15, -0.1) is 0 Å². The maximum atomic E-state index is 6.26. The lowest BCUT2D eigenvalue weighted by atomic mass is 10.00. The third-order valence-corrected chi connectivity index (χ3v) is 18.3. The van der Waals surface area contributed by atoms with Crippen molar-refractivity contribution >= 4 is 94.4 Å². The molecule has 0 radical (unpaired) electrons. The van der Waals surface area contributed by atoms with E-state index in [-0.39, 0.29) is 0 Å². The number of furan rings is 1. The molecule has 0 saturated carbocycles. The van der Waals surface area contributed by atoms with Gasteiger partial charge in [0.2, 0.25) is 0 Å². The fourth-order valence-corrected chi connectivity index (χ4v) is 15.5. The summed E-state index contributed by atoms with van der Waals surface area (Å²) in [6, 6.07) is 89.3. The van der Waals surface area contributed by atoms with Gasteiger partial charge >= 0.3 is 0 Å². The molecule has 0 amide bonds. The normalized spacial score (nSPS) is 12.1. The van der Waals surface area contributed by atoms with Crippen molar-refractivity contribution in [2.24, 2.45) is 0 Å². The van der Waals surface area contributed by atoms with Crippen molar-refractivity contribution in [3.8, 4) is 22.5 Å². The van der Waals surface area contributed by atoms with Crippen LogP contribution < -0.4 is 20.7 Å². The van der Waals surface area contributed by atoms with Crippen LogP contribution in [0, 0.1) is 0 Å². The van der Waals surface area contributed by atoms with Crippen molar-refractivity contribution in [3.63, 3.8) is 0 Å². The van der Waals surface area contributed by atoms with Gasteiger partial charge in [-0.2, -0.15) is 0 Å². The summed E-state index contributed by atoms with van der Waals surface area (Å²) in [6.07, 6.45) is 0. The standard InChI is InChI=1S/C60H40N2OSi/c1-4-17-44(18-5-1)64(45-19-6-2-7-20-45,46-21-8-3-9-22-46)47-35-32-42(33-36-47)61-55-28-13-10-23-49(55)51-37-34-43(40-57(51)61)62-56-29-14-11-24-50(56)53-27-16-26-48(60(53)62)41-31-38-59-54(39-41)52-25-12-15-30-58(52)63-59/h1-40H. The first kappa shape index (κ1) is 36.5. The highest BCUT2D eigenvalue weighted by Gasteiger charge is 2.41. The summed E-state index contributed by atoms with van der Waals surface area (Å²) < 4.78 is 11.2. The molecule has 3 aromatic heterocycles. The van der Waals surface area contributed by atoms with Gasteiger partial charge in [0.15, 0.2) is 8.07 Å². The van der Waals surface area contributed by atoms with Gasteiger partial charge in [-0.1, -0.05) is 188 Å². The van der Waals surface area contributed by atoms with E-state index in [1.54, 1.807) is 0 Å². The monoisotopic (exact) mass is 832 g/mol. The molecule has 64 heavy (non-hydrogen) atoms. The second-order valence-electron chi connectivity index (χ2n) is 16.8. The molecule has 10 aromatic carbocycles. The minimum atomic E-state index is -2.69. The molecular formula is C60H40N2OSi. The van der Waals surface area contributed by atoms with Gasteiger partial charge in [0.1, 0.15) is 11.2 Å². The van der Waals surface area contributed by atoms with Crippen molar-refractivity contribution in [2.45, 2.75) is 0 Å². The number of hydrogen-bond donors (Lipinski definition) is 0. The molecule has 4 heteroatoms. The Labute approximate surface area is 371 Å². The third kappa shape index (κ3) is 5.39. The number of nitrogens with zero attached hydrogens (tertiary/aromatic N) is 2. The molecule has 13 rings (SSSR count). The van der Waals surface area contributed by atoms with E-state index in [9.17, 15) is 0 Å². The van der Waals surface area contributed by atoms with E-state index >= 15 is 0 Å². The topological polar surface area (TPSA) is 23.0 Å². The molecule has 0 saturated heterocycles. The van der Waals surface area contributed by atoms with Crippen LogP contribution in [0.4, 0.5) is 0 Å². The molecule has 0 N–H and O–H groups in total. The van der Waals surface area contributed by atoms with E-state index < -0.39 is 8.07 Å². The Hall–Kier alpha value is -8.18. The van der Waals surface area contributed by atoms with E-state index in [0.29, 0.717) is 0 Å². The molecule has 0 aliphatic carbocycles. The summed E-state index contributed by atoms with van der Waals surface area (Å²) in [7, 11) is -2.69. The van der Waals surface area contributed by atoms with Crippen molar-refractivity contribution < 1.29 is 4.42 Å². The second kappa shape index (κ2) is 14.5. The maximum Gasteiger partial charge on any atom is 0.179 e. The van der Waals surface area contributed by atoms with Gasteiger partial charge < -0.3 is 13.6 Å². The fraction of sp³-hybridized carbons (Fsp3) is 0. The highest BCUT2D eigenvalue weighted by Crippen LogP contribution is 2.41. The SMILES string of the molecule is c1ccc([Si](c2ccccc2)(c2ccccc2)c2ccc(-n3c4ccccc4c4ccc(-n5c6ccccc6c6cccc(-c7ccc8oc9ccccc9c8c7)c65)cc43)cc2)cc1. The molecule has 3 nitrogen and oxygen atoms in total. The lowest BCUT2D eigenvalue weighted by Crippen LogP contribution is -2.74. The van der Waals surface area contributed by atoms with Crippen LogP contribution >= 0.6 is 0 Å². The van der Waals surface area contributed by atoms with Gasteiger partial charge in [0.05, 0.1) is 22.1 Å². The van der Waals surface area contributed by atoms with Crippen LogP contribution in [0.2, 0.25) is 0 Å². The molecular weight excluding hydrogens is 793 g/mol. The number of aromatic nitrogens is 2. The fourth-order valence-electron chi connectivity index (χ4n) is 10.7. The Morgan fingerprint density at radius 2 is 0.797 bits per heavy atom. The number of benzene rings is 10.